The predicted octanol–water partition coefficient (Wildman–Crippen LogP) is 1.60. The summed E-state index contributed by atoms with van der Waals surface area (Å²) in [4.78, 5) is 34.0. The molecule has 0 fully saturated rings. The lowest BCUT2D eigenvalue weighted by Gasteiger charge is -2.17. The van der Waals surface area contributed by atoms with E-state index in [4.69, 9.17) is 9.47 Å². The third kappa shape index (κ3) is 5.24. The van der Waals surface area contributed by atoms with Crippen LogP contribution in [0.3, 0.4) is 0 Å². The quantitative estimate of drug-likeness (QED) is 0.442. The molecule has 0 radical (unpaired) electrons. The zero-order chi connectivity index (χ0) is 17.4. The monoisotopic (exact) mass is 324 g/mol. The van der Waals surface area contributed by atoms with Crippen LogP contribution in [0.1, 0.15) is 25.8 Å². The Balaban J connectivity index is 3.02. The first-order valence-electron chi connectivity index (χ1n) is 7.20. The third-order valence-electron chi connectivity index (χ3n) is 3.11. The maximum atomic E-state index is 11.9. The highest BCUT2D eigenvalue weighted by Crippen LogP contribution is 2.28. The van der Waals surface area contributed by atoms with Crippen molar-refractivity contribution in [3.8, 4) is 5.75 Å². The van der Waals surface area contributed by atoms with E-state index in [0.29, 0.717) is 5.56 Å². The van der Waals surface area contributed by atoms with Gasteiger partial charge in [0.25, 0.3) is 0 Å². The molecule has 0 saturated heterocycles. The molecular formula is C15H20N2O6. The Labute approximate surface area is 133 Å². The SMILES string of the molecule is CCOC(=O)C(Cc1ccc(OC)c([N+](=O)[O-])c1)NC(=O)CC. The van der Waals surface area contributed by atoms with Gasteiger partial charge in [-0.05, 0) is 18.6 Å². The highest BCUT2D eigenvalue weighted by Gasteiger charge is 2.24. The molecule has 0 bridgehead atoms. The van der Waals surface area contributed by atoms with Crippen molar-refractivity contribution >= 4 is 17.6 Å². The van der Waals surface area contributed by atoms with Gasteiger partial charge in [0.15, 0.2) is 5.75 Å². The van der Waals surface area contributed by atoms with Gasteiger partial charge >= 0.3 is 11.7 Å². The van der Waals surface area contributed by atoms with Gasteiger partial charge in [-0.1, -0.05) is 13.0 Å². The lowest BCUT2D eigenvalue weighted by molar-refractivity contribution is -0.385. The molecule has 0 aliphatic heterocycles. The van der Waals surface area contributed by atoms with Crippen LogP contribution >= 0.6 is 0 Å². The van der Waals surface area contributed by atoms with Crippen molar-refractivity contribution in [1.82, 2.24) is 5.32 Å². The zero-order valence-electron chi connectivity index (χ0n) is 13.3. The van der Waals surface area contributed by atoms with E-state index in [-0.39, 0.29) is 36.8 Å². The number of nitrogens with one attached hydrogen (secondary N) is 1. The van der Waals surface area contributed by atoms with E-state index in [1.807, 2.05) is 0 Å². The minimum atomic E-state index is -0.893. The number of esters is 1. The van der Waals surface area contributed by atoms with Crippen LogP contribution in [-0.4, -0.2) is 36.6 Å². The van der Waals surface area contributed by atoms with Crippen LogP contribution in [0.25, 0.3) is 0 Å². The zero-order valence-corrected chi connectivity index (χ0v) is 13.3. The van der Waals surface area contributed by atoms with Crippen molar-refractivity contribution in [3.63, 3.8) is 0 Å². The van der Waals surface area contributed by atoms with Gasteiger partial charge in [0, 0.05) is 18.9 Å². The number of nitrogens with zero attached hydrogens (tertiary/aromatic N) is 1. The Hall–Kier alpha value is -2.64. The maximum absolute atomic E-state index is 11.9. The van der Waals surface area contributed by atoms with E-state index in [0.717, 1.165) is 0 Å². The molecule has 8 heteroatoms. The number of benzene rings is 1. The van der Waals surface area contributed by atoms with Gasteiger partial charge in [0.1, 0.15) is 6.04 Å². The Kier molecular flexibility index (Phi) is 6.98. The molecule has 0 saturated carbocycles. The van der Waals surface area contributed by atoms with Crippen molar-refractivity contribution in [2.75, 3.05) is 13.7 Å². The highest BCUT2D eigenvalue weighted by molar-refractivity contribution is 5.84. The van der Waals surface area contributed by atoms with Gasteiger partial charge in [-0.25, -0.2) is 4.79 Å². The summed E-state index contributed by atoms with van der Waals surface area (Å²) in [5.41, 5.74) is 0.321. The fourth-order valence-electron chi connectivity index (χ4n) is 1.97. The van der Waals surface area contributed by atoms with Crippen LogP contribution < -0.4 is 10.1 Å². The summed E-state index contributed by atoms with van der Waals surface area (Å²) in [5.74, 6) is -0.747. The molecule has 1 aromatic carbocycles. The Morgan fingerprint density at radius 2 is 2.04 bits per heavy atom. The van der Waals surface area contributed by atoms with Crippen molar-refractivity contribution in [2.45, 2.75) is 32.7 Å². The van der Waals surface area contributed by atoms with Gasteiger partial charge in [0.2, 0.25) is 5.91 Å². The molecule has 0 heterocycles. The second-order valence-electron chi connectivity index (χ2n) is 4.69. The predicted molar refractivity (Wildman–Crippen MR) is 82.2 cm³/mol. The summed E-state index contributed by atoms with van der Waals surface area (Å²) < 4.78 is 9.86. The van der Waals surface area contributed by atoms with Crippen molar-refractivity contribution in [1.29, 1.82) is 0 Å². The van der Waals surface area contributed by atoms with Crippen molar-refractivity contribution < 1.29 is 24.0 Å². The summed E-state index contributed by atoms with van der Waals surface area (Å²) in [6.07, 6.45) is 0.314. The van der Waals surface area contributed by atoms with Gasteiger partial charge in [-0.15, -0.1) is 0 Å². The molecular weight excluding hydrogens is 304 g/mol. The van der Waals surface area contributed by atoms with E-state index in [1.54, 1.807) is 19.9 Å². The molecule has 1 aromatic rings. The maximum Gasteiger partial charge on any atom is 0.328 e. The molecule has 0 aliphatic carbocycles. The summed E-state index contributed by atoms with van der Waals surface area (Å²) in [7, 11) is 1.34. The molecule has 1 unspecified atom stereocenters. The van der Waals surface area contributed by atoms with Crippen LogP contribution in [0.5, 0.6) is 5.75 Å². The Morgan fingerprint density at radius 1 is 1.35 bits per heavy atom. The van der Waals surface area contributed by atoms with Crippen LogP contribution in [0.15, 0.2) is 18.2 Å². The van der Waals surface area contributed by atoms with E-state index < -0.39 is 16.9 Å². The summed E-state index contributed by atoms with van der Waals surface area (Å²) >= 11 is 0. The number of rotatable bonds is 8. The standard InChI is InChI=1S/C15H20N2O6/c1-4-14(18)16-11(15(19)23-5-2)8-10-6-7-13(22-3)12(9-10)17(20)21/h6-7,9,11H,4-5,8H2,1-3H3,(H,16,18). The number of hydrogen-bond donors (Lipinski definition) is 1. The number of nitro benzene ring substituents is 1. The number of carbonyl (C=O) groups excluding carboxylic acids is 2. The lowest BCUT2D eigenvalue weighted by Crippen LogP contribution is -2.43. The molecule has 1 amide bonds. The molecule has 8 nitrogen and oxygen atoms in total. The molecule has 0 aliphatic rings. The number of carbonyl (C=O) groups is 2. The summed E-state index contributed by atoms with van der Waals surface area (Å²) in [5, 5.41) is 13.6. The molecule has 1 rings (SSSR count). The molecule has 0 spiro atoms. The molecule has 126 valence electrons. The second kappa shape index (κ2) is 8.72. The number of methoxy groups -OCH3 is 1. The minimum Gasteiger partial charge on any atom is -0.490 e. The Morgan fingerprint density at radius 3 is 2.57 bits per heavy atom. The van der Waals surface area contributed by atoms with E-state index in [2.05, 4.69) is 5.32 Å². The largest absolute Gasteiger partial charge is 0.490 e. The lowest BCUT2D eigenvalue weighted by atomic mass is 10.0. The van der Waals surface area contributed by atoms with Gasteiger partial charge in [-0.2, -0.15) is 0 Å². The fraction of sp³-hybridized carbons (Fsp3) is 0.467. The van der Waals surface area contributed by atoms with Crippen LogP contribution in [0, 0.1) is 10.1 Å². The summed E-state index contributed by atoms with van der Waals surface area (Å²) in [6, 6.07) is 3.49. The average Bonchev–Trinajstić information content (AvgIpc) is 2.54. The van der Waals surface area contributed by atoms with Gasteiger partial charge < -0.3 is 14.8 Å². The van der Waals surface area contributed by atoms with Gasteiger partial charge in [-0.3, -0.25) is 14.9 Å². The normalized spacial score (nSPS) is 11.4. The van der Waals surface area contributed by atoms with Crippen molar-refractivity contribution in [3.05, 3.63) is 33.9 Å². The third-order valence-corrected chi connectivity index (χ3v) is 3.11. The van der Waals surface area contributed by atoms with Crippen LogP contribution in [0.4, 0.5) is 5.69 Å². The van der Waals surface area contributed by atoms with E-state index in [1.165, 1.54) is 19.2 Å². The minimum absolute atomic E-state index is 0.0927. The smallest absolute Gasteiger partial charge is 0.328 e. The van der Waals surface area contributed by atoms with Gasteiger partial charge in [0.05, 0.1) is 18.6 Å². The first-order valence-corrected chi connectivity index (χ1v) is 7.20. The number of amides is 1. The molecule has 1 N–H and O–H groups in total. The second-order valence-corrected chi connectivity index (χ2v) is 4.69. The van der Waals surface area contributed by atoms with Crippen LogP contribution in [0.2, 0.25) is 0 Å². The van der Waals surface area contributed by atoms with E-state index >= 15 is 0 Å². The van der Waals surface area contributed by atoms with Crippen LogP contribution in [-0.2, 0) is 20.7 Å². The highest BCUT2D eigenvalue weighted by atomic mass is 16.6. The molecule has 0 aromatic heterocycles. The fourth-order valence-corrected chi connectivity index (χ4v) is 1.97. The van der Waals surface area contributed by atoms with E-state index in [9.17, 15) is 19.7 Å². The topological polar surface area (TPSA) is 108 Å². The van der Waals surface area contributed by atoms with Crippen molar-refractivity contribution in [2.24, 2.45) is 0 Å². The Bertz CT molecular complexity index is 587. The first-order chi connectivity index (χ1) is 10.9. The number of nitro groups is 1. The number of ether oxygens (including phenoxy) is 2. The average molecular weight is 324 g/mol. The molecule has 23 heavy (non-hydrogen) atoms. The first kappa shape index (κ1) is 18.4. The molecule has 1 atom stereocenters. The number of hydrogen-bond acceptors (Lipinski definition) is 6. The summed E-state index contributed by atoms with van der Waals surface area (Å²) in [6.45, 7) is 3.50.